The van der Waals surface area contributed by atoms with E-state index in [0.29, 0.717) is 10.8 Å². The van der Waals surface area contributed by atoms with Crippen molar-refractivity contribution in [2.24, 2.45) is 20.5 Å². The van der Waals surface area contributed by atoms with Crippen molar-refractivity contribution in [3.63, 3.8) is 0 Å². The number of hydrogen-bond donors (Lipinski definition) is 1. The van der Waals surface area contributed by atoms with Crippen LogP contribution in [0.25, 0.3) is 21.5 Å². The Bertz CT molecular complexity index is 2040. The molecule has 0 amide bonds. The number of phenolic OH excluding ortho intramolecular Hbond substituents is 1. The van der Waals surface area contributed by atoms with Gasteiger partial charge in [-0.25, -0.2) is 0 Å². The summed E-state index contributed by atoms with van der Waals surface area (Å²) in [6, 6.07) is 27.4. The van der Waals surface area contributed by atoms with Crippen LogP contribution < -0.4 is 15.3 Å². The molecule has 0 saturated carbocycles. The van der Waals surface area contributed by atoms with Crippen LogP contribution in [0, 0.1) is 20.2 Å². The fourth-order valence-electron chi connectivity index (χ4n) is 4.24. The summed E-state index contributed by atoms with van der Waals surface area (Å²) in [5.74, 6) is -1.57. The number of hydrogen-bond acceptors (Lipinski definition) is 12. The Hall–Kier alpha value is -6.45. The van der Waals surface area contributed by atoms with E-state index in [1.165, 1.54) is 30.3 Å². The summed E-state index contributed by atoms with van der Waals surface area (Å²) in [6.07, 6.45) is 0. The fraction of sp³-hybridized carbons (Fsp3) is 0. The Labute approximate surface area is 275 Å². The number of aromatic hydroxyl groups is 1. The molecular formula is C32H19CoN6O8. The second kappa shape index (κ2) is 14.6. The summed E-state index contributed by atoms with van der Waals surface area (Å²) in [5.41, 5.74) is -0.366. The topological polar surface area (TPSA) is 225 Å². The molecule has 6 aromatic carbocycles. The maximum atomic E-state index is 12.3. The largest absolute Gasteiger partial charge is 3.00 e. The maximum absolute atomic E-state index is 12.3. The predicted octanol–water partition coefficient (Wildman–Crippen LogP) is 7.25. The average molecular weight is 674 g/mol. The number of phenols is 1. The van der Waals surface area contributed by atoms with Crippen LogP contribution in [0.15, 0.2) is 130 Å². The third-order valence-electron chi connectivity index (χ3n) is 6.57. The Morgan fingerprint density at radius 2 is 0.915 bits per heavy atom. The second-order valence-corrected chi connectivity index (χ2v) is 9.51. The van der Waals surface area contributed by atoms with Gasteiger partial charge in [-0.3, -0.25) is 20.2 Å². The van der Waals surface area contributed by atoms with E-state index in [4.69, 9.17) is 0 Å². The first-order chi connectivity index (χ1) is 22.1. The van der Waals surface area contributed by atoms with Gasteiger partial charge in [0.05, 0.1) is 33.0 Å². The van der Waals surface area contributed by atoms with Gasteiger partial charge in [0.1, 0.15) is 11.4 Å². The number of rotatable bonds is 6. The van der Waals surface area contributed by atoms with Crippen molar-refractivity contribution in [3.05, 3.63) is 129 Å². The molecule has 6 rings (SSSR count). The van der Waals surface area contributed by atoms with Crippen molar-refractivity contribution >= 4 is 55.7 Å². The summed E-state index contributed by atoms with van der Waals surface area (Å²) in [6.45, 7) is 0. The standard InChI is InChI=1S/2C16H11N3O4.Co/c2*20-15-9-11(19(22)23)6-8-13(15)17-18-14-7-5-10-3-1-2-4-12(10)16(14)21;/h2*1-9,20-21H;/q;;+3/p-3. The van der Waals surface area contributed by atoms with E-state index >= 15 is 0 Å². The van der Waals surface area contributed by atoms with Crippen LogP contribution in [0.1, 0.15) is 0 Å². The third kappa shape index (κ3) is 7.62. The van der Waals surface area contributed by atoms with Gasteiger partial charge in [-0.15, -0.1) is 5.11 Å². The molecule has 1 N–H and O–H groups in total. The van der Waals surface area contributed by atoms with E-state index in [0.717, 1.165) is 29.0 Å². The summed E-state index contributed by atoms with van der Waals surface area (Å²) in [7, 11) is 0. The third-order valence-corrected chi connectivity index (χ3v) is 6.57. The molecule has 0 aromatic heterocycles. The quantitative estimate of drug-likeness (QED) is 0.107. The molecule has 0 spiro atoms. The summed E-state index contributed by atoms with van der Waals surface area (Å²) >= 11 is 0. The molecular weight excluding hydrogens is 655 g/mol. The predicted molar refractivity (Wildman–Crippen MR) is 162 cm³/mol. The molecule has 14 nitrogen and oxygen atoms in total. The number of benzene rings is 6. The van der Waals surface area contributed by atoms with Crippen LogP contribution in [-0.2, 0) is 16.8 Å². The van der Waals surface area contributed by atoms with Crippen molar-refractivity contribution in [1.82, 2.24) is 0 Å². The molecule has 15 heteroatoms. The van der Waals surface area contributed by atoms with Gasteiger partial charge in [0.25, 0.3) is 11.4 Å². The van der Waals surface area contributed by atoms with Gasteiger partial charge in [-0.2, -0.15) is 15.3 Å². The van der Waals surface area contributed by atoms with Crippen LogP contribution in [0.2, 0.25) is 0 Å². The van der Waals surface area contributed by atoms with E-state index in [1.807, 2.05) is 24.3 Å². The average Bonchev–Trinajstić information content (AvgIpc) is 3.05. The molecule has 0 bridgehead atoms. The maximum Gasteiger partial charge on any atom is 3.00 e. The minimum absolute atomic E-state index is 0. The Morgan fingerprint density at radius 3 is 1.38 bits per heavy atom. The fourth-order valence-corrected chi connectivity index (χ4v) is 4.24. The first-order valence-electron chi connectivity index (χ1n) is 13.3. The summed E-state index contributed by atoms with van der Waals surface area (Å²) in [4.78, 5) is 19.9. The molecule has 0 aliphatic rings. The number of nitro groups is 2. The first-order valence-corrected chi connectivity index (χ1v) is 13.3. The van der Waals surface area contributed by atoms with Gasteiger partial charge >= 0.3 is 16.8 Å². The van der Waals surface area contributed by atoms with Crippen molar-refractivity contribution in [3.8, 4) is 23.0 Å². The van der Waals surface area contributed by atoms with Crippen LogP contribution in [0.4, 0.5) is 34.1 Å². The second-order valence-electron chi connectivity index (χ2n) is 9.51. The van der Waals surface area contributed by atoms with E-state index < -0.39 is 15.6 Å². The SMILES string of the molecule is O=[N+]([O-])c1ccc(N=Nc2ccc3ccccc3c2[O-])c(O)c1.O=[N+]([O-])c1ccc(N=Nc2ccc3ccccc3c2[O-])c([O-])c1.[Co+3]. The molecule has 0 unspecified atom stereocenters. The minimum Gasteiger partial charge on any atom is -0.871 e. The molecule has 47 heavy (non-hydrogen) atoms. The van der Waals surface area contributed by atoms with Crippen LogP contribution >= 0.6 is 0 Å². The van der Waals surface area contributed by atoms with E-state index in [1.54, 1.807) is 36.4 Å². The number of non-ortho nitro benzene ring substituents is 2. The van der Waals surface area contributed by atoms with Crippen LogP contribution in [0.5, 0.6) is 23.0 Å². The normalized spacial score (nSPS) is 10.9. The van der Waals surface area contributed by atoms with Gasteiger partial charge in [0, 0.05) is 18.2 Å². The van der Waals surface area contributed by atoms with Crippen LogP contribution in [0.3, 0.4) is 0 Å². The van der Waals surface area contributed by atoms with E-state index in [9.17, 15) is 40.7 Å². The molecule has 0 heterocycles. The number of nitrogens with zero attached hydrogens (tertiary/aromatic N) is 6. The first kappa shape index (κ1) is 33.4. The zero-order valence-corrected chi connectivity index (χ0v) is 24.8. The smallest absolute Gasteiger partial charge is 0.871 e. The van der Waals surface area contributed by atoms with Gasteiger partial charge < -0.3 is 20.4 Å². The molecule has 6 aromatic rings. The van der Waals surface area contributed by atoms with Crippen molar-refractivity contribution < 1.29 is 47.1 Å². The zero-order chi connectivity index (χ0) is 32.8. The van der Waals surface area contributed by atoms with Crippen molar-refractivity contribution in [2.75, 3.05) is 0 Å². The van der Waals surface area contributed by atoms with Gasteiger partial charge in [-0.1, -0.05) is 77.9 Å². The Balaban J connectivity index is 0.000000208. The monoisotopic (exact) mass is 674 g/mol. The van der Waals surface area contributed by atoms with Crippen molar-refractivity contribution in [2.45, 2.75) is 0 Å². The molecule has 0 atom stereocenters. The molecule has 234 valence electrons. The van der Waals surface area contributed by atoms with E-state index in [2.05, 4.69) is 20.5 Å². The van der Waals surface area contributed by atoms with Gasteiger partial charge in [0.15, 0.2) is 0 Å². The number of nitro benzene ring substituents is 2. The molecule has 0 fully saturated rings. The van der Waals surface area contributed by atoms with Gasteiger partial charge in [0.2, 0.25) is 0 Å². The number of azo groups is 2. The van der Waals surface area contributed by atoms with Crippen LogP contribution in [-0.4, -0.2) is 15.0 Å². The summed E-state index contributed by atoms with van der Waals surface area (Å²) < 4.78 is 0. The number of fused-ring (bicyclic) bond motifs is 2. The molecule has 0 aliphatic carbocycles. The molecule has 0 aliphatic heterocycles. The van der Waals surface area contributed by atoms with Crippen molar-refractivity contribution in [1.29, 1.82) is 0 Å². The zero-order valence-electron chi connectivity index (χ0n) is 23.7. The molecule has 0 saturated heterocycles. The Kier molecular flexibility index (Phi) is 10.4. The Morgan fingerprint density at radius 1 is 0.511 bits per heavy atom. The van der Waals surface area contributed by atoms with Gasteiger partial charge in [-0.05, 0) is 45.8 Å². The molecule has 0 radical (unpaired) electrons. The summed E-state index contributed by atoms with van der Waals surface area (Å²) in [5, 5.41) is 85.0. The van der Waals surface area contributed by atoms with E-state index in [-0.39, 0.29) is 68.2 Å². The minimum atomic E-state index is -0.665.